The maximum atomic E-state index is 7.92. The van der Waals surface area contributed by atoms with Crippen LogP contribution in [0.15, 0.2) is 79.0 Å². The number of para-hydroxylation sites is 1. The molecule has 0 atom stereocenters. The molecule has 5 heteroatoms. The third-order valence-corrected chi connectivity index (χ3v) is 3.57. The minimum Gasteiger partial charge on any atom is -0.368 e. The molecule has 0 unspecified atom stereocenters. The average molecular weight is 317 g/mol. The topological polar surface area (TPSA) is 78.0 Å². The van der Waals surface area contributed by atoms with E-state index in [1.165, 1.54) is 10.6 Å². The van der Waals surface area contributed by atoms with Gasteiger partial charge in [-0.2, -0.15) is 0 Å². The first-order valence-corrected chi connectivity index (χ1v) is 7.68. The van der Waals surface area contributed by atoms with E-state index in [1.54, 1.807) is 6.20 Å². The van der Waals surface area contributed by atoms with Crippen molar-refractivity contribution in [1.82, 2.24) is 4.98 Å². The zero-order valence-corrected chi connectivity index (χ0v) is 13.2. The first-order valence-electron chi connectivity index (χ1n) is 7.68. The standard InChI is InChI=1S/C19H19N5/c20-19(21)24(23-17-11-5-2-6-12-17)18-16(10-7-13-22-18)14-15-8-3-1-4-9-15/h1-13,23H,14H2,(H3,20,21). The number of hydrogen-bond donors (Lipinski definition) is 3. The molecule has 1 aromatic heterocycles. The third-order valence-electron chi connectivity index (χ3n) is 3.57. The lowest BCUT2D eigenvalue weighted by Gasteiger charge is -2.25. The SMILES string of the molecule is N=C(N)N(Nc1ccccc1)c1ncccc1Cc1ccccc1. The largest absolute Gasteiger partial charge is 0.368 e. The van der Waals surface area contributed by atoms with Crippen molar-refractivity contribution in [3.8, 4) is 0 Å². The fraction of sp³-hybridized carbons (Fsp3) is 0.0526. The zero-order valence-electron chi connectivity index (χ0n) is 13.2. The van der Waals surface area contributed by atoms with Crippen molar-refractivity contribution in [2.75, 3.05) is 10.4 Å². The van der Waals surface area contributed by atoms with Crippen LogP contribution in [-0.4, -0.2) is 10.9 Å². The molecule has 1 heterocycles. The second kappa shape index (κ2) is 7.28. The van der Waals surface area contributed by atoms with Crippen LogP contribution in [0.3, 0.4) is 0 Å². The summed E-state index contributed by atoms with van der Waals surface area (Å²) in [6.45, 7) is 0. The van der Waals surface area contributed by atoms with Crippen LogP contribution in [0.5, 0.6) is 0 Å². The number of guanidine groups is 1. The van der Waals surface area contributed by atoms with Gasteiger partial charge in [0.1, 0.15) is 0 Å². The van der Waals surface area contributed by atoms with E-state index in [-0.39, 0.29) is 5.96 Å². The molecular weight excluding hydrogens is 298 g/mol. The predicted octanol–water partition coefficient (Wildman–Crippen LogP) is 3.40. The fourth-order valence-corrected chi connectivity index (χ4v) is 2.45. The molecule has 0 aliphatic rings. The number of aromatic nitrogens is 1. The van der Waals surface area contributed by atoms with E-state index >= 15 is 0 Å². The van der Waals surface area contributed by atoms with Crippen molar-refractivity contribution in [2.24, 2.45) is 5.73 Å². The van der Waals surface area contributed by atoms with E-state index in [0.717, 1.165) is 11.3 Å². The molecular formula is C19H19N5. The average Bonchev–Trinajstić information content (AvgIpc) is 2.62. The van der Waals surface area contributed by atoms with Crippen LogP contribution in [0.2, 0.25) is 0 Å². The van der Waals surface area contributed by atoms with E-state index < -0.39 is 0 Å². The first-order chi connectivity index (χ1) is 11.7. The normalized spacial score (nSPS) is 10.2. The minimum absolute atomic E-state index is 0.119. The molecule has 0 radical (unpaired) electrons. The molecule has 120 valence electrons. The summed E-state index contributed by atoms with van der Waals surface area (Å²) in [5.41, 5.74) is 11.9. The van der Waals surface area contributed by atoms with Gasteiger partial charge in [0.05, 0.1) is 5.69 Å². The molecule has 2 aromatic carbocycles. The van der Waals surface area contributed by atoms with Gasteiger partial charge >= 0.3 is 0 Å². The fourth-order valence-electron chi connectivity index (χ4n) is 2.45. The number of hydrogen-bond acceptors (Lipinski definition) is 3. The Morgan fingerprint density at radius 2 is 1.62 bits per heavy atom. The lowest BCUT2D eigenvalue weighted by molar-refractivity contribution is 1.05. The number of rotatable bonds is 5. The van der Waals surface area contributed by atoms with Gasteiger partial charge in [-0.1, -0.05) is 54.6 Å². The third kappa shape index (κ3) is 3.70. The Bertz CT molecular complexity index is 802. The molecule has 0 spiro atoms. The summed E-state index contributed by atoms with van der Waals surface area (Å²) in [7, 11) is 0. The number of nitrogens with zero attached hydrogens (tertiary/aromatic N) is 2. The molecule has 5 nitrogen and oxygen atoms in total. The molecule has 0 bridgehead atoms. The van der Waals surface area contributed by atoms with Crippen LogP contribution in [0.4, 0.5) is 11.5 Å². The summed E-state index contributed by atoms with van der Waals surface area (Å²) in [5.74, 6) is 0.504. The maximum Gasteiger partial charge on any atom is 0.213 e. The highest BCUT2D eigenvalue weighted by molar-refractivity contribution is 5.94. The molecule has 0 saturated carbocycles. The second-order valence-corrected chi connectivity index (χ2v) is 5.35. The molecule has 24 heavy (non-hydrogen) atoms. The summed E-state index contributed by atoms with van der Waals surface area (Å²) in [5, 5.41) is 9.41. The van der Waals surface area contributed by atoms with Crippen LogP contribution in [0.1, 0.15) is 11.1 Å². The van der Waals surface area contributed by atoms with Crippen LogP contribution in [0.25, 0.3) is 0 Å². The smallest absolute Gasteiger partial charge is 0.213 e. The van der Waals surface area contributed by atoms with Gasteiger partial charge in [0.25, 0.3) is 0 Å². The molecule has 0 fully saturated rings. The monoisotopic (exact) mass is 317 g/mol. The van der Waals surface area contributed by atoms with Crippen molar-refractivity contribution < 1.29 is 0 Å². The van der Waals surface area contributed by atoms with Crippen LogP contribution < -0.4 is 16.2 Å². The number of hydrazine groups is 1. The summed E-state index contributed by atoms with van der Waals surface area (Å²) in [6, 6.07) is 23.6. The number of nitrogens with one attached hydrogen (secondary N) is 2. The summed E-state index contributed by atoms with van der Waals surface area (Å²) < 4.78 is 0. The van der Waals surface area contributed by atoms with Crippen LogP contribution in [0, 0.1) is 5.41 Å². The van der Waals surface area contributed by atoms with Crippen molar-refractivity contribution in [1.29, 1.82) is 5.41 Å². The van der Waals surface area contributed by atoms with Crippen LogP contribution in [-0.2, 0) is 6.42 Å². The highest BCUT2D eigenvalue weighted by Crippen LogP contribution is 2.21. The molecule has 0 amide bonds. The zero-order chi connectivity index (χ0) is 16.8. The van der Waals surface area contributed by atoms with E-state index in [2.05, 4.69) is 22.5 Å². The van der Waals surface area contributed by atoms with Crippen LogP contribution >= 0.6 is 0 Å². The predicted molar refractivity (Wildman–Crippen MR) is 97.9 cm³/mol. The van der Waals surface area contributed by atoms with Crippen molar-refractivity contribution in [2.45, 2.75) is 6.42 Å². The number of anilines is 2. The maximum absolute atomic E-state index is 7.92. The lowest BCUT2D eigenvalue weighted by atomic mass is 10.1. The van der Waals surface area contributed by atoms with E-state index in [0.29, 0.717) is 12.2 Å². The Morgan fingerprint density at radius 3 is 2.29 bits per heavy atom. The Balaban J connectivity index is 1.92. The van der Waals surface area contributed by atoms with Gasteiger partial charge in [-0.25, -0.2) is 9.99 Å². The first kappa shape index (κ1) is 15.6. The van der Waals surface area contributed by atoms with Gasteiger partial charge in [-0.3, -0.25) is 10.8 Å². The molecule has 4 N–H and O–H groups in total. The van der Waals surface area contributed by atoms with E-state index in [9.17, 15) is 0 Å². The number of nitrogens with two attached hydrogens (primary N) is 1. The Hall–Kier alpha value is -3.34. The molecule has 0 aliphatic carbocycles. The molecule has 3 aromatic rings. The summed E-state index contributed by atoms with van der Waals surface area (Å²) in [6.07, 6.45) is 2.41. The van der Waals surface area contributed by atoms with Gasteiger partial charge in [0.2, 0.25) is 5.96 Å². The van der Waals surface area contributed by atoms with E-state index in [1.807, 2.05) is 60.7 Å². The molecule has 0 saturated heterocycles. The van der Waals surface area contributed by atoms with Gasteiger partial charge in [0.15, 0.2) is 5.82 Å². The lowest BCUT2D eigenvalue weighted by Crippen LogP contribution is -2.42. The Labute approximate surface area is 141 Å². The van der Waals surface area contributed by atoms with Gasteiger partial charge in [-0.15, -0.1) is 0 Å². The summed E-state index contributed by atoms with van der Waals surface area (Å²) >= 11 is 0. The van der Waals surface area contributed by atoms with Crippen molar-refractivity contribution in [3.63, 3.8) is 0 Å². The number of benzene rings is 2. The Kier molecular flexibility index (Phi) is 4.72. The molecule has 3 rings (SSSR count). The van der Waals surface area contributed by atoms with Crippen molar-refractivity contribution >= 4 is 17.5 Å². The van der Waals surface area contributed by atoms with E-state index in [4.69, 9.17) is 11.1 Å². The van der Waals surface area contributed by atoms with Gasteiger partial charge in [0, 0.05) is 18.2 Å². The quantitative estimate of drug-likeness (QED) is 0.383. The van der Waals surface area contributed by atoms with Crippen molar-refractivity contribution in [3.05, 3.63) is 90.1 Å². The highest BCUT2D eigenvalue weighted by Gasteiger charge is 2.16. The highest BCUT2D eigenvalue weighted by atomic mass is 15.6. The van der Waals surface area contributed by atoms with Gasteiger partial charge < -0.3 is 5.73 Å². The van der Waals surface area contributed by atoms with Gasteiger partial charge in [-0.05, 0) is 23.8 Å². The summed E-state index contributed by atoms with van der Waals surface area (Å²) in [4.78, 5) is 4.44. The minimum atomic E-state index is -0.119. The Morgan fingerprint density at radius 1 is 0.958 bits per heavy atom. The number of pyridine rings is 1. The molecule has 0 aliphatic heterocycles. The second-order valence-electron chi connectivity index (χ2n) is 5.35.